The van der Waals surface area contributed by atoms with Crippen molar-refractivity contribution in [1.82, 2.24) is 33.6 Å². The smallest absolute Gasteiger partial charge is 0.418 e. The van der Waals surface area contributed by atoms with E-state index in [9.17, 15) is 143 Å². The number of aryl methyl sites for hydroxylation is 1. The van der Waals surface area contributed by atoms with Crippen LogP contribution in [-0.2, 0) is 36.8 Å². The standard InChI is InChI=1S/C33H20F6N2O5.C24H21F3N2O4.C21H18N2O4.C17H12F6N2O4/c1-17-3-9-21(10-4-17)46-22-11-7-20(8-12-22)41-29(44)24-14-6-19(16-26(24)30(41)45)31(32(34,35)36,33(37,38)39)18-5-13-23-25(15-18)28(43)40(2)27(23)42;1-4-5-10-29-21(32)16-9-7-14(12-18(16)22(29)33)23(2,24(25,26)27)13-6-8-15-17(11-13)20(31)28(3)19(15)30;1-3-4-9-23-20(26)15-8-6-13(11-17(15)21(23)27)12-5-7-14-16(10-12)19(25)22(2)18(14)24;1-3-4-5-25-14(28)8-9(15(25)29)11(17(21,22)23)7-6(10(8)16(18,19)20)12(26)24(2)13(7)27/h3-16H,1-2H3;6-9,11-12H,4-5,10H2,1-3H3;5-8,10-11H,3-4,9H2,1-2H3;3-5H2,1-2H3. The summed E-state index contributed by atoms with van der Waals surface area (Å²) < 4.78 is 222. The summed E-state index contributed by atoms with van der Waals surface area (Å²) >= 11 is 0. The van der Waals surface area contributed by atoms with Gasteiger partial charge in [-0.2, -0.15) is 65.9 Å². The minimum atomic E-state index is -6.05. The lowest BCUT2D eigenvalue weighted by Crippen LogP contribution is -2.55. The Kier molecular flexibility index (Phi) is 24.5. The second-order valence-corrected chi connectivity index (χ2v) is 32.6. The van der Waals surface area contributed by atoms with Gasteiger partial charge in [-0.3, -0.25) is 110 Å². The maximum atomic E-state index is 14.9. The molecule has 12 amide bonds. The molecule has 0 spiro atoms. The van der Waals surface area contributed by atoms with E-state index in [1.807, 2.05) is 32.9 Å². The van der Waals surface area contributed by atoms with Crippen molar-refractivity contribution in [3.63, 3.8) is 0 Å². The Hall–Kier alpha value is -15.2. The number of aromatic nitrogens is 2. The van der Waals surface area contributed by atoms with Crippen molar-refractivity contribution in [1.29, 1.82) is 0 Å². The predicted molar refractivity (Wildman–Crippen MR) is 452 cm³/mol. The van der Waals surface area contributed by atoms with Gasteiger partial charge in [-0.15, -0.1) is 0 Å². The zero-order chi connectivity index (χ0) is 99.0. The molecule has 0 N–H and O–H groups in total. The van der Waals surface area contributed by atoms with Crippen molar-refractivity contribution in [2.24, 2.45) is 7.05 Å². The number of carbonyl (C=O) groups excluding carboxylic acids is 12. The van der Waals surface area contributed by atoms with Crippen molar-refractivity contribution >= 4 is 98.1 Å². The first-order chi connectivity index (χ1) is 63.2. The molecule has 0 radical (unpaired) electrons. The Morgan fingerprint density at radius 3 is 0.941 bits per heavy atom. The van der Waals surface area contributed by atoms with Gasteiger partial charge in [0.25, 0.3) is 93.1 Å². The number of amides is 12. The van der Waals surface area contributed by atoms with Gasteiger partial charge >= 0.3 is 30.9 Å². The number of fused-ring (bicyclic) bond motifs is 8. The molecule has 135 heavy (non-hydrogen) atoms. The summed E-state index contributed by atoms with van der Waals surface area (Å²) in [6, 6.07) is 33.1. The predicted octanol–water partition coefficient (Wildman–Crippen LogP) is 16.7. The van der Waals surface area contributed by atoms with Gasteiger partial charge in [-0.05, 0) is 176 Å². The van der Waals surface area contributed by atoms with Gasteiger partial charge in [0.15, 0.2) is 0 Å². The summed E-state index contributed by atoms with van der Waals surface area (Å²) in [7, 11) is 4.48. The van der Waals surface area contributed by atoms with E-state index < -0.39 is 178 Å². The fourth-order valence-corrected chi connectivity index (χ4v) is 17.0. The zero-order valence-electron chi connectivity index (χ0n) is 72.1. The highest BCUT2D eigenvalue weighted by Crippen LogP contribution is 2.58. The second kappa shape index (κ2) is 34.5. The summed E-state index contributed by atoms with van der Waals surface area (Å²) in [5.74, 6) is -6.78. The Bertz CT molecular complexity index is 7110. The third-order valence-corrected chi connectivity index (χ3v) is 24.4. The molecule has 8 heterocycles. The van der Waals surface area contributed by atoms with Crippen LogP contribution < -0.4 is 31.9 Å². The highest BCUT2D eigenvalue weighted by atomic mass is 19.4. The molecule has 698 valence electrons. The first kappa shape index (κ1) is 95.9. The quantitative estimate of drug-likeness (QED) is 0.0604. The van der Waals surface area contributed by atoms with Gasteiger partial charge in [0.05, 0.1) is 105 Å². The lowest BCUT2D eigenvalue weighted by molar-refractivity contribution is -0.288. The molecule has 17 rings (SSSR count). The SMILES string of the molecule is CCCCN1C(=O)c2ccc(-c3ccc4c(c3)C(=O)N(C)C4=O)cc2C1=O.CCCCN1C(=O)c2ccc(C(C)(c3ccc4c(c3)C(=O)N(C)C4=O)C(F)(F)F)cc2C1=O.CCCCn1c(=O)c2c(C(F)(F)F)c3c(=O)n(C)c(=O)c3c(C(F)(F)F)c2c1=O.Cc1ccc(Oc2ccc(N3C(=O)c4ccc(C(c5ccc6c(c5)C(=O)N(C)C6=O)(C(F)(F)F)C(F)(F)F)cc4C3=O)cc2)cc1. The summed E-state index contributed by atoms with van der Waals surface area (Å²) in [6.45, 7) is 8.62. The zero-order valence-corrected chi connectivity index (χ0v) is 72.1. The first-order valence-electron chi connectivity index (χ1n) is 41.2. The average molecular weight is 1880 g/mol. The van der Waals surface area contributed by atoms with Gasteiger partial charge in [0, 0.05) is 47.8 Å². The molecule has 0 saturated carbocycles. The first-order valence-corrected chi connectivity index (χ1v) is 41.2. The van der Waals surface area contributed by atoms with Crippen LogP contribution in [0.25, 0.3) is 32.7 Å². The van der Waals surface area contributed by atoms with Crippen molar-refractivity contribution in [2.75, 3.05) is 39.1 Å². The Balaban J connectivity index is 0.000000148. The molecular weight excluding hydrogens is 1810 g/mol. The van der Waals surface area contributed by atoms with E-state index in [2.05, 4.69) is 0 Å². The van der Waals surface area contributed by atoms with Crippen LogP contribution in [-0.4, -0.2) is 157 Å². The van der Waals surface area contributed by atoms with Gasteiger partial charge in [-0.1, -0.05) is 94.1 Å². The largest absolute Gasteiger partial charge is 0.457 e. The van der Waals surface area contributed by atoms with Gasteiger partial charge in [-0.25, -0.2) is 4.90 Å². The van der Waals surface area contributed by atoms with E-state index in [0.717, 1.165) is 88.9 Å². The molecule has 6 aliphatic rings. The Morgan fingerprint density at radius 2 is 0.578 bits per heavy atom. The number of carbonyl (C=O) groups is 12. The number of anilines is 1. The number of ether oxygens (including phenoxy) is 1. The van der Waals surface area contributed by atoms with Crippen LogP contribution in [0, 0.1) is 6.92 Å². The van der Waals surface area contributed by atoms with Gasteiger partial charge < -0.3 is 4.74 Å². The van der Waals surface area contributed by atoms with Crippen LogP contribution in [0.5, 0.6) is 11.5 Å². The van der Waals surface area contributed by atoms with Crippen LogP contribution in [0.1, 0.15) is 229 Å². The lowest BCUT2D eigenvalue weighted by Gasteiger charge is -2.38. The molecular formula is C95H71F15N8O17. The minimum absolute atomic E-state index is 0.00725. The highest BCUT2D eigenvalue weighted by Gasteiger charge is 2.73. The number of hydrogen-bond donors (Lipinski definition) is 0. The van der Waals surface area contributed by atoms with E-state index in [-0.39, 0.29) is 90.4 Å². The third-order valence-electron chi connectivity index (χ3n) is 24.4. The van der Waals surface area contributed by atoms with E-state index in [1.54, 1.807) is 55.5 Å². The number of halogens is 15. The molecule has 0 aliphatic carbocycles. The third kappa shape index (κ3) is 15.7. The van der Waals surface area contributed by atoms with E-state index in [4.69, 9.17) is 4.74 Å². The van der Waals surface area contributed by atoms with Crippen molar-refractivity contribution in [2.45, 2.75) is 121 Å². The maximum Gasteiger partial charge on any atom is 0.418 e. The molecule has 25 nitrogen and oxygen atoms in total. The molecule has 1 unspecified atom stereocenters. The number of imide groups is 6. The molecule has 0 fully saturated rings. The maximum absolute atomic E-state index is 14.9. The fourth-order valence-electron chi connectivity index (χ4n) is 17.0. The normalized spacial score (nSPS) is 15.3. The van der Waals surface area contributed by atoms with E-state index in [1.165, 1.54) is 67.5 Å². The topological polar surface area (TPSA) is 312 Å². The summed E-state index contributed by atoms with van der Waals surface area (Å²) in [6.07, 6.45) is -24.3. The lowest BCUT2D eigenvalue weighted by atomic mass is 9.71. The number of unbranched alkanes of at least 4 members (excludes halogenated alkanes) is 3. The van der Waals surface area contributed by atoms with Crippen LogP contribution >= 0.6 is 0 Å². The average Bonchev–Trinajstić information content (AvgIpc) is 1.52. The molecule has 0 saturated heterocycles. The molecule has 11 aromatic rings. The fraction of sp³-hybridized carbons (Fsp3) is 0.263. The molecule has 2 aromatic heterocycles. The van der Waals surface area contributed by atoms with E-state index in [0.29, 0.717) is 94.3 Å². The monoisotopic (exact) mass is 1880 g/mol. The van der Waals surface area contributed by atoms with E-state index >= 15 is 0 Å². The van der Waals surface area contributed by atoms with Gasteiger partial charge in [0.2, 0.25) is 5.41 Å². The van der Waals surface area contributed by atoms with Crippen LogP contribution in [0.2, 0.25) is 0 Å². The number of alkyl halides is 15. The Morgan fingerprint density at radius 1 is 0.296 bits per heavy atom. The van der Waals surface area contributed by atoms with Crippen molar-refractivity contribution < 1.29 is 128 Å². The second-order valence-electron chi connectivity index (χ2n) is 32.6. The number of nitrogens with zero attached hydrogens (tertiary/aromatic N) is 8. The van der Waals surface area contributed by atoms with Gasteiger partial charge in [0.1, 0.15) is 16.9 Å². The number of hydrogen-bond acceptors (Lipinski definition) is 17. The molecule has 9 aromatic carbocycles. The number of rotatable bonds is 17. The highest BCUT2D eigenvalue weighted by molar-refractivity contribution is 6.35. The minimum Gasteiger partial charge on any atom is -0.457 e. The van der Waals surface area contributed by atoms with Crippen molar-refractivity contribution in [3.8, 4) is 22.6 Å². The van der Waals surface area contributed by atoms with Crippen LogP contribution in [0.4, 0.5) is 71.5 Å². The summed E-state index contributed by atoms with van der Waals surface area (Å²) in [5, 5.41) is -6.20. The van der Waals surface area contributed by atoms with Crippen molar-refractivity contribution in [3.05, 3.63) is 305 Å². The summed E-state index contributed by atoms with van der Waals surface area (Å²) in [5.41, 5.74) is -19.1. The molecule has 6 aliphatic heterocycles. The molecule has 40 heteroatoms. The number of benzene rings is 9. The molecule has 1 atom stereocenters. The van der Waals surface area contributed by atoms with Crippen LogP contribution in [0.15, 0.2) is 177 Å². The Labute approximate surface area is 751 Å². The molecule has 0 bridgehead atoms. The van der Waals surface area contributed by atoms with Crippen LogP contribution in [0.3, 0.4) is 0 Å². The summed E-state index contributed by atoms with van der Waals surface area (Å²) in [4.78, 5) is 206.